The van der Waals surface area contributed by atoms with Gasteiger partial charge in [-0.1, -0.05) is 60.7 Å². The van der Waals surface area contributed by atoms with E-state index < -0.39 is 45.4 Å². The number of halogens is 2. The van der Waals surface area contributed by atoms with Crippen LogP contribution in [0.5, 0.6) is 0 Å². The predicted octanol–water partition coefficient (Wildman–Crippen LogP) is 0.190. The van der Waals surface area contributed by atoms with E-state index in [1.165, 1.54) is 24.3 Å². The molecule has 2 aliphatic carbocycles. The lowest BCUT2D eigenvalue weighted by Gasteiger charge is -2.85. The summed E-state index contributed by atoms with van der Waals surface area (Å²) in [6.45, 7) is -0.964. The Hall–Kier alpha value is -1.22. The van der Waals surface area contributed by atoms with Gasteiger partial charge in [-0.25, -0.2) is 0 Å². The number of alkyl halides is 2. The zero-order chi connectivity index (χ0) is 20.6. The van der Waals surface area contributed by atoms with Crippen molar-refractivity contribution >= 4 is 23.2 Å². The van der Waals surface area contributed by atoms with Crippen molar-refractivity contribution in [3.63, 3.8) is 0 Å². The number of rotatable bonds is 4. The molecular weight excluding hydrogens is 407 g/mol. The summed E-state index contributed by atoms with van der Waals surface area (Å²) in [5, 5.41) is 65.5. The van der Waals surface area contributed by atoms with E-state index in [1.807, 2.05) is 0 Å². The first-order valence-corrected chi connectivity index (χ1v) is 9.48. The normalized spacial score (nSPS) is 45.5. The van der Waals surface area contributed by atoms with Gasteiger partial charge in [-0.3, -0.25) is 0 Å². The van der Waals surface area contributed by atoms with Crippen molar-refractivity contribution in [2.24, 2.45) is 0 Å². The van der Waals surface area contributed by atoms with Crippen molar-refractivity contribution in [1.29, 1.82) is 0 Å². The molecule has 0 heterocycles. The van der Waals surface area contributed by atoms with E-state index in [9.17, 15) is 30.6 Å². The van der Waals surface area contributed by atoms with Crippen LogP contribution in [0.15, 0.2) is 60.7 Å². The molecule has 0 radical (unpaired) electrons. The molecule has 4 rings (SSSR count). The van der Waals surface area contributed by atoms with E-state index in [0.717, 1.165) is 0 Å². The van der Waals surface area contributed by atoms with Crippen LogP contribution in [0.2, 0.25) is 0 Å². The summed E-state index contributed by atoms with van der Waals surface area (Å²) in [5.41, 5.74) is -7.51. The highest BCUT2D eigenvalue weighted by molar-refractivity contribution is 6.32. The molecule has 28 heavy (non-hydrogen) atoms. The molecule has 0 aromatic heterocycles. The highest BCUT2D eigenvalue weighted by Gasteiger charge is 3.04. The molecule has 2 saturated carbocycles. The first-order valence-electron chi connectivity index (χ1n) is 8.73. The van der Waals surface area contributed by atoms with Gasteiger partial charge in [0.05, 0.1) is 6.61 Å². The van der Waals surface area contributed by atoms with Crippen LogP contribution in [0.4, 0.5) is 0 Å². The second-order valence-corrected chi connectivity index (χ2v) is 8.61. The molecule has 6 nitrogen and oxygen atoms in total. The van der Waals surface area contributed by atoms with Gasteiger partial charge in [-0.15, -0.1) is 23.2 Å². The fourth-order valence-corrected chi connectivity index (χ4v) is 6.32. The van der Waals surface area contributed by atoms with E-state index in [-0.39, 0.29) is 11.1 Å². The van der Waals surface area contributed by atoms with Crippen LogP contribution in [-0.2, 0) is 9.75 Å². The number of fused-ring (bicyclic) bond motifs is 1. The number of hydrogen-bond donors (Lipinski definition) is 6. The van der Waals surface area contributed by atoms with Crippen molar-refractivity contribution in [2.75, 3.05) is 6.61 Å². The van der Waals surface area contributed by atoms with Gasteiger partial charge in [0.15, 0.2) is 16.8 Å². The van der Waals surface area contributed by atoms with Crippen molar-refractivity contribution in [3.05, 3.63) is 71.8 Å². The quantitative estimate of drug-likeness (QED) is 0.388. The Morgan fingerprint density at radius 2 is 1.32 bits per heavy atom. The molecule has 6 N–H and O–H groups in total. The van der Waals surface area contributed by atoms with Crippen LogP contribution >= 0.6 is 23.2 Å². The molecule has 7 atom stereocenters. The zero-order valence-electron chi connectivity index (χ0n) is 14.6. The number of aliphatic hydroxyl groups is 6. The Bertz CT molecular complexity index is 898. The van der Waals surface area contributed by atoms with Crippen molar-refractivity contribution in [1.82, 2.24) is 0 Å². The van der Waals surface area contributed by atoms with Crippen molar-refractivity contribution in [3.8, 4) is 0 Å². The van der Waals surface area contributed by atoms with Crippen molar-refractivity contribution < 1.29 is 30.6 Å². The molecule has 0 bridgehead atoms. The van der Waals surface area contributed by atoms with E-state index in [1.54, 1.807) is 36.4 Å². The Kier molecular flexibility index (Phi) is 4.23. The fourth-order valence-electron chi connectivity index (χ4n) is 5.12. The Morgan fingerprint density at radius 3 is 1.79 bits per heavy atom. The van der Waals surface area contributed by atoms with Gasteiger partial charge in [0, 0.05) is 0 Å². The van der Waals surface area contributed by atoms with Crippen LogP contribution in [0.25, 0.3) is 0 Å². The largest absolute Gasteiger partial charge is 0.394 e. The van der Waals surface area contributed by atoms with Gasteiger partial charge in [-0.05, 0) is 11.1 Å². The predicted molar refractivity (Wildman–Crippen MR) is 102 cm³/mol. The van der Waals surface area contributed by atoms with Crippen LogP contribution < -0.4 is 0 Å². The SMILES string of the molecule is OC[C@@H](O)[C@]1(O)C(Cl)(c2ccccc2)[C@]2(O)C(O)C(Cl)(c3ccccc3)[C@@]21O. The molecule has 0 amide bonds. The van der Waals surface area contributed by atoms with E-state index in [2.05, 4.69) is 0 Å². The maximum atomic E-state index is 11.5. The molecule has 2 aromatic carbocycles. The minimum Gasteiger partial charge on any atom is -0.394 e. The van der Waals surface area contributed by atoms with E-state index in [0.29, 0.717) is 0 Å². The number of benzene rings is 2. The standard InChI is InChI=1S/C20H20Cl2O6/c21-16(12-7-3-1-4-8-12)15(25)19(27)17(22,13-9-5-2-6-10-13)18(26,14(24)11-23)20(16,19)28/h1-10,14-15,23-28H,11H2/t14-,15?,16?,17?,18+,19-,20+/m1/s1. The highest BCUT2D eigenvalue weighted by Crippen LogP contribution is 2.82. The Balaban J connectivity index is 1.99. The van der Waals surface area contributed by atoms with Gasteiger partial charge in [-0.2, -0.15) is 0 Å². The third kappa shape index (κ3) is 1.66. The molecule has 0 aliphatic heterocycles. The van der Waals surface area contributed by atoms with Gasteiger partial charge >= 0.3 is 0 Å². The third-order valence-electron chi connectivity index (χ3n) is 6.47. The van der Waals surface area contributed by atoms with Gasteiger partial charge in [0.25, 0.3) is 0 Å². The van der Waals surface area contributed by atoms with Crippen molar-refractivity contribution in [2.45, 2.75) is 38.8 Å². The van der Waals surface area contributed by atoms with Crippen LogP contribution in [0, 0.1) is 0 Å². The Morgan fingerprint density at radius 1 is 0.857 bits per heavy atom. The highest BCUT2D eigenvalue weighted by atomic mass is 35.5. The summed E-state index contributed by atoms with van der Waals surface area (Å²) in [5.74, 6) is 0. The molecule has 150 valence electrons. The van der Waals surface area contributed by atoms with Gasteiger partial charge in [0.2, 0.25) is 0 Å². The van der Waals surface area contributed by atoms with E-state index >= 15 is 0 Å². The first-order chi connectivity index (χ1) is 13.1. The summed E-state index contributed by atoms with van der Waals surface area (Å²) in [6.07, 6.45) is -3.76. The smallest absolute Gasteiger partial charge is 0.157 e. The summed E-state index contributed by atoms with van der Waals surface area (Å²) >= 11 is 13.3. The average molecular weight is 427 g/mol. The molecule has 3 unspecified atom stereocenters. The maximum absolute atomic E-state index is 11.5. The lowest BCUT2D eigenvalue weighted by molar-refractivity contribution is -0.481. The second-order valence-electron chi connectivity index (χ2n) is 7.45. The zero-order valence-corrected chi connectivity index (χ0v) is 16.1. The van der Waals surface area contributed by atoms with E-state index in [4.69, 9.17) is 23.2 Å². The lowest BCUT2D eigenvalue weighted by Crippen LogP contribution is -3.09. The van der Waals surface area contributed by atoms with Crippen LogP contribution in [0.1, 0.15) is 11.1 Å². The first kappa shape index (κ1) is 20.1. The fraction of sp³-hybridized carbons (Fsp3) is 0.400. The van der Waals surface area contributed by atoms with Crippen LogP contribution in [-0.4, -0.2) is 66.3 Å². The van der Waals surface area contributed by atoms with Crippen LogP contribution in [0.3, 0.4) is 0 Å². The topological polar surface area (TPSA) is 121 Å². The molecule has 8 heteroatoms. The molecule has 2 aliphatic rings. The molecular formula is C20H20Cl2O6. The molecule has 0 saturated heterocycles. The molecule has 2 fully saturated rings. The second kappa shape index (κ2) is 5.90. The summed E-state index contributed by atoms with van der Waals surface area (Å²) in [7, 11) is 0. The minimum atomic E-state index is -2.69. The number of aliphatic hydroxyl groups excluding tert-OH is 3. The van der Waals surface area contributed by atoms with Gasteiger partial charge in [0.1, 0.15) is 22.0 Å². The Labute approximate surface area is 171 Å². The lowest BCUT2D eigenvalue weighted by atomic mass is 9.29. The maximum Gasteiger partial charge on any atom is 0.157 e. The number of hydrogen-bond acceptors (Lipinski definition) is 6. The molecule has 0 spiro atoms. The third-order valence-corrected chi connectivity index (χ3v) is 7.97. The summed E-state index contributed by atoms with van der Waals surface area (Å²) in [6, 6.07) is 15.7. The average Bonchev–Trinajstić information content (AvgIpc) is 2.75. The minimum absolute atomic E-state index is 0.143. The van der Waals surface area contributed by atoms with Gasteiger partial charge < -0.3 is 30.6 Å². The summed E-state index contributed by atoms with van der Waals surface area (Å²) < 4.78 is 0. The summed E-state index contributed by atoms with van der Waals surface area (Å²) in [4.78, 5) is -4.33. The molecule has 2 aromatic rings. The monoisotopic (exact) mass is 426 g/mol.